The molecular weight excluding hydrogens is 483 g/mol. The van der Waals surface area contributed by atoms with E-state index in [1.54, 1.807) is 0 Å². The standard InChI is InChI=1S/C27H39F5O4/c1-2-3-4-5-6-7-8-9-10-11-12-13-14-18-35-21(33)16-15-17-22(34)36-19-20-23(28)25(30)27(32)26(31)24(20)29/h2-19H2,1H3. The Morgan fingerprint density at radius 1 is 0.528 bits per heavy atom. The highest BCUT2D eigenvalue weighted by molar-refractivity contribution is 5.72. The van der Waals surface area contributed by atoms with Gasteiger partial charge in [-0.3, -0.25) is 9.59 Å². The van der Waals surface area contributed by atoms with Gasteiger partial charge in [-0.15, -0.1) is 0 Å². The number of esters is 2. The summed E-state index contributed by atoms with van der Waals surface area (Å²) in [5.41, 5.74) is -1.23. The van der Waals surface area contributed by atoms with Crippen LogP contribution in [0.5, 0.6) is 0 Å². The molecule has 1 aromatic carbocycles. The van der Waals surface area contributed by atoms with Crippen LogP contribution in [0.2, 0.25) is 0 Å². The van der Waals surface area contributed by atoms with Crippen LogP contribution in [-0.2, 0) is 25.7 Å². The van der Waals surface area contributed by atoms with Gasteiger partial charge < -0.3 is 9.47 Å². The number of hydrogen-bond acceptors (Lipinski definition) is 4. The second-order valence-corrected chi connectivity index (χ2v) is 9.03. The van der Waals surface area contributed by atoms with Gasteiger partial charge >= 0.3 is 11.9 Å². The first-order valence-corrected chi connectivity index (χ1v) is 13.1. The van der Waals surface area contributed by atoms with Gasteiger partial charge in [0, 0.05) is 12.8 Å². The highest BCUT2D eigenvalue weighted by Gasteiger charge is 2.26. The first kappa shape index (κ1) is 31.8. The fourth-order valence-electron chi connectivity index (χ4n) is 3.76. The zero-order chi connectivity index (χ0) is 26.8. The first-order valence-electron chi connectivity index (χ1n) is 13.1. The summed E-state index contributed by atoms with van der Waals surface area (Å²) in [6, 6.07) is 0. The normalized spacial score (nSPS) is 11.1. The molecule has 36 heavy (non-hydrogen) atoms. The Hall–Kier alpha value is -2.19. The van der Waals surface area contributed by atoms with Crippen molar-refractivity contribution in [2.45, 2.75) is 116 Å². The molecule has 0 amide bonds. The van der Waals surface area contributed by atoms with Crippen LogP contribution in [-0.4, -0.2) is 18.5 Å². The van der Waals surface area contributed by atoms with Crippen molar-refractivity contribution in [3.05, 3.63) is 34.6 Å². The molecule has 0 aliphatic heterocycles. The van der Waals surface area contributed by atoms with Crippen molar-refractivity contribution in [2.24, 2.45) is 0 Å². The second-order valence-electron chi connectivity index (χ2n) is 9.03. The van der Waals surface area contributed by atoms with Crippen LogP contribution in [0.1, 0.15) is 115 Å². The quantitative estimate of drug-likeness (QED) is 0.0569. The van der Waals surface area contributed by atoms with Crippen molar-refractivity contribution in [2.75, 3.05) is 6.61 Å². The van der Waals surface area contributed by atoms with Crippen LogP contribution in [0.25, 0.3) is 0 Å². The second kappa shape index (κ2) is 19.0. The van der Waals surface area contributed by atoms with Crippen molar-refractivity contribution in [1.82, 2.24) is 0 Å². The van der Waals surface area contributed by atoms with E-state index in [-0.39, 0.29) is 19.3 Å². The lowest BCUT2D eigenvalue weighted by atomic mass is 10.0. The average Bonchev–Trinajstić information content (AvgIpc) is 2.86. The lowest BCUT2D eigenvalue weighted by Gasteiger charge is -2.09. The number of carbonyl (C=O) groups excluding carboxylic acids is 2. The topological polar surface area (TPSA) is 52.6 Å². The minimum absolute atomic E-state index is 0.0456. The third-order valence-electron chi connectivity index (χ3n) is 5.95. The van der Waals surface area contributed by atoms with E-state index in [0.29, 0.717) is 6.61 Å². The molecule has 206 valence electrons. The van der Waals surface area contributed by atoms with E-state index in [1.807, 2.05) is 0 Å². The molecule has 0 atom stereocenters. The summed E-state index contributed by atoms with van der Waals surface area (Å²) in [4.78, 5) is 23.4. The number of hydrogen-bond donors (Lipinski definition) is 0. The SMILES string of the molecule is CCCCCCCCCCCCCCCOC(=O)CCCC(=O)OCc1c(F)c(F)c(F)c(F)c1F. The Kier molecular flexibility index (Phi) is 16.8. The molecule has 0 aliphatic carbocycles. The number of unbranched alkanes of at least 4 members (excludes halogenated alkanes) is 12. The summed E-state index contributed by atoms with van der Waals surface area (Å²) in [6.07, 6.45) is 15.6. The molecule has 0 unspecified atom stereocenters. The van der Waals surface area contributed by atoms with Crippen molar-refractivity contribution < 1.29 is 41.0 Å². The average molecular weight is 523 g/mol. The predicted octanol–water partition coefficient (Wildman–Crippen LogP) is 8.23. The van der Waals surface area contributed by atoms with Gasteiger partial charge in [0.2, 0.25) is 5.82 Å². The molecule has 0 aromatic heterocycles. The minimum atomic E-state index is -2.28. The number of benzene rings is 1. The predicted molar refractivity (Wildman–Crippen MR) is 127 cm³/mol. The number of rotatable bonds is 20. The monoisotopic (exact) mass is 522 g/mol. The van der Waals surface area contributed by atoms with E-state index < -0.39 is 53.2 Å². The molecule has 0 aliphatic rings. The number of ether oxygens (including phenoxy) is 2. The van der Waals surface area contributed by atoms with Crippen molar-refractivity contribution in [3.8, 4) is 0 Å². The van der Waals surface area contributed by atoms with Gasteiger partial charge in [0.05, 0.1) is 12.2 Å². The van der Waals surface area contributed by atoms with Crippen molar-refractivity contribution >= 4 is 11.9 Å². The Labute approximate surface area is 210 Å². The lowest BCUT2D eigenvalue weighted by molar-refractivity contribution is -0.146. The molecule has 0 spiro atoms. The zero-order valence-electron chi connectivity index (χ0n) is 21.3. The van der Waals surface area contributed by atoms with Gasteiger partial charge in [-0.1, -0.05) is 84.0 Å². The molecule has 0 heterocycles. The summed E-state index contributed by atoms with van der Waals surface area (Å²) in [5, 5.41) is 0. The van der Waals surface area contributed by atoms with Gasteiger partial charge in [0.15, 0.2) is 23.3 Å². The van der Waals surface area contributed by atoms with Gasteiger partial charge in [0.25, 0.3) is 0 Å². The largest absolute Gasteiger partial charge is 0.466 e. The number of halogens is 5. The highest BCUT2D eigenvalue weighted by atomic mass is 19.2. The van der Waals surface area contributed by atoms with E-state index in [9.17, 15) is 31.5 Å². The molecule has 0 saturated carbocycles. The first-order chi connectivity index (χ1) is 17.3. The third kappa shape index (κ3) is 12.7. The molecule has 1 aromatic rings. The van der Waals surface area contributed by atoms with Crippen molar-refractivity contribution in [3.63, 3.8) is 0 Å². The highest BCUT2D eigenvalue weighted by Crippen LogP contribution is 2.23. The maximum absolute atomic E-state index is 13.6. The molecule has 0 N–H and O–H groups in total. The Morgan fingerprint density at radius 3 is 1.39 bits per heavy atom. The maximum Gasteiger partial charge on any atom is 0.306 e. The van der Waals surface area contributed by atoms with Crippen LogP contribution in [0.3, 0.4) is 0 Å². The molecular formula is C27H39F5O4. The summed E-state index contributed by atoms with van der Waals surface area (Å²) in [6.45, 7) is 1.43. The van der Waals surface area contributed by atoms with Crippen LogP contribution in [0.4, 0.5) is 22.0 Å². The summed E-state index contributed by atoms with van der Waals surface area (Å²) in [5.74, 6) is -12.0. The summed E-state index contributed by atoms with van der Waals surface area (Å²) < 4.78 is 76.1. The minimum Gasteiger partial charge on any atom is -0.466 e. The summed E-state index contributed by atoms with van der Waals surface area (Å²) >= 11 is 0. The fraction of sp³-hybridized carbons (Fsp3) is 0.704. The lowest BCUT2D eigenvalue weighted by Crippen LogP contribution is -2.12. The summed E-state index contributed by atoms with van der Waals surface area (Å²) in [7, 11) is 0. The van der Waals surface area contributed by atoms with Gasteiger partial charge in [-0.2, -0.15) is 0 Å². The van der Waals surface area contributed by atoms with Crippen molar-refractivity contribution in [1.29, 1.82) is 0 Å². The molecule has 0 radical (unpaired) electrons. The van der Waals surface area contributed by atoms with Crippen LogP contribution >= 0.6 is 0 Å². The number of carbonyl (C=O) groups is 2. The molecule has 0 bridgehead atoms. The van der Waals surface area contributed by atoms with E-state index >= 15 is 0 Å². The van der Waals surface area contributed by atoms with E-state index in [4.69, 9.17) is 4.74 Å². The molecule has 0 saturated heterocycles. The fourth-order valence-corrected chi connectivity index (χ4v) is 3.76. The smallest absolute Gasteiger partial charge is 0.306 e. The molecule has 1 rings (SSSR count). The van der Waals surface area contributed by atoms with Crippen LogP contribution in [0.15, 0.2) is 0 Å². The zero-order valence-corrected chi connectivity index (χ0v) is 21.3. The third-order valence-corrected chi connectivity index (χ3v) is 5.95. The van der Waals surface area contributed by atoms with Gasteiger partial charge in [-0.05, 0) is 12.8 Å². The van der Waals surface area contributed by atoms with Gasteiger partial charge in [0.1, 0.15) is 6.61 Å². The van der Waals surface area contributed by atoms with E-state index in [1.165, 1.54) is 64.2 Å². The molecule has 4 nitrogen and oxygen atoms in total. The molecule has 9 heteroatoms. The Morgan fingerprint density at radius 2 is 0.917 bits per heavy atom. The molecule has 0 fully saturated rings. The van der Waals surface area contributed by atoms with Gasteiger partial charge in [-0.25, -0.2) is 22.0 Å². The van der Waals surface area contributed by atoms with Crippen LogP contribution < -0.4 is 0 Å². The van der Waals surface area contributed by atoms with E-state index in [2.05, 4.69) is 11.7 Å². The maximum atomic E-state index is 13.6. The Balaban J connectivity index is 2.02. The Bertz CT molecular complexity index is 772. The van der Waals surface area contributed by atoms with Crippen LogP contribution in [0, 0.1) is 29.1 Å². The van der Waals surface area contributed by atoms with E-state index in [0.717, 1.165) is 19.3 Å².